The molecule has 1 spiro atoms. The molecular formula is C78H109F3N12O14. The molecule has 12 amide bonds. The number of methoxy groups -OCH3 is 1. The molecule has 26 nitrogen and oxygen atoms in total. The summed E-state index contributed by atoms with van der Waals surface area (Å²) in [5.74, 6) is -7.36. The van der Waals surface area contributed by atoms with Gasteiger partial charge in [-0.1, -0.05) is 81.2 Å². The quantitative estimate of drug-likeness (QED) is 0.205. The molecule has 107 heavy (non-hydrogen) atoms. The molecule has 0 unspecified atom stereocenters. The fourth-order valence-electron chi connectivity index (χ4n) is 16.1. The number of halogens is 3. The third-order valence-corrected chi connectivity index (χ3v) is 22.9. The summed E-state index contributed by atoms with van der Waals surface area (Å²) in [6.45, 7) is 6.56. The van der Waals surface area contributed by atoms with E-state index < -0.39 is 179 Å². The van der Waals surface area contributed by atoms with Gasteiger partial charge in [0.2, 0.25) is 70.9 Å². The Morgan fingerprint density at radius 2 is 1.39 bits per heavy atom. The minimum Gasteiger partial charge on any atom is -0.496 e. The first-order valence-electron chi connectivity index (χ1n) is 37.5. The number of rotatable bonds is 13. The number of hydrogen-bond donors (Lipinski definition) is 2. The average molecular weight is 1500 g/mol. The van der Waals surface area contributed by atoms with E-state index in [0.29, 0.717) is 50.5 Å². The molecule has 2 saturated carbocycles. The Morgan fingerprint density at radius 3 is 2.00 bits per heavy atom. The summed E-state index contributed by atoms with van der Waals surface area (Å²) in [6.07, 6.45) is 6.87. The van der Waals surface area contributed by atoms with Gasteiger partial charge >= 0.3 is 6.18 Å². The van der Waals surface area contributed by atoms with Crippen molar-refractivity contribution in [3.8, 4) is 18.1 Å². The van der Waals surface area contributed by atoms with Crippen molar-refractivity contribution in [2.24, 2.45) is 11.8 Å². The molecule has 0 radical (unpaired) electrons. The largest absolute Gasteiger partial charge is 0.496 e. The van der Waals surface area contributed by atoms with Gasteiger partial charge in [-0.25, -0.2) is 0 Å². The summed E-state index contributed by atoms with van der Waals surface area (Å²) in [5, 5.41) is 5.68. The lowest BCUT2D eigenvalue weighted by Gasteiger charge is -2.51. The van der Waals surface area contributed by atoms with Crippen molar-refractivity contribution in [2.75, 3.05) is 96.3 Å². The number of benzene rings is 2. The highest BCUT2D eigenvalue weighted by Crippen LogP contribution is 2.43. The lowest BCUT2D eigenvalue weighted by molar-refractivity contribution is -0.166. The lowest BCUT2D eigenvalue weighted by atomic mass is 9.73. The Labute approximate surface area is 626 Å². The zero-order valence-corrected chi connectivity index (χ0v) is 64.3. The summed E-state index contributed by atoms with van der Waals surface area (Å²) in [5.41, 5.74) is -0.779. The van der Waals surface area contributed by atoms with Crippen LogP contribution in [-0.2, 0) is 81.3 Å². The van der Waals surface area contributed by atoms with Crippen LogP contribution in [0.1, 0.15) is 146 Å². The van der Waals surface area contributed by atoms with Crippen LogP contribution in [0.4, 0.5) is 13.2 Å². The number of amides is 12. The second-order valence-electron chi connectivity index (χ2n) is 30.0. The summed E-state index contributed by atoms with van der Waals surface area (Å²) < 4.78 is 53.9. The summed E-state index contributed by atoms with van der Waals surface area (Å²) in [4.78, 5) is 196. The zero-order valence-electron chi connectivity index (χ0n) is 64.3. The standard InChI is InChI=1S/C78H109F3N12O14/c1-15-25-56-67(96)83-65(49(5)16-2)74(103)91-41-23-29-58(91)71(100)87(10)57-28-19-18-22-40-92(73(57)102)60(42-50-32-30-48(4)31-33-50)70(99)85(8)47-63(94)82-55(37-35-51-34-36-54(78(79,80)81)62(43-51)106-14)68(97)93-46-53(107-17-3)44-61(93)72(101)90(13)77(38-24-39-77)76(105)89(12)66(52-26-20-21-27-52)75(104)88(11)59(69(98)84(6)7)45-64(95)86(56)9/h1,18-19,30-34,36,43,49,52-53,55-61,65-66H,16-17,20-29,35,37-42,44-47H2,2-14H3,(H,82,94)(H,83,96)/b19-18-/t49-,53+,55-,56-,57-,58-,59-,60-,61-,65-,66-/m0/s1. The Morgan fingerprint density at radius 1 is 0.720 bits per heavy atom. The molecule has 586 valence electrons. The normalized spacial score (nSPS) is 27.2. The van der Waals surface area contributed by atoms with E-state index in [2.05, 4.69) is 16.6 Å². The number of nitrogens with zero attached hydrogens (tertiary/aromatic N) is 10. The smallest absolute Gasteiger partial charge is 0.419 e. The Kier molecular flexibility index (Phi) is 28.3. The first kappa shape index (κ1) is 83.6. The molecule has 3 saturated heterocycles. The molecule has 0 aromatic heterocycles. The predicted octanol–water partition coefficient (Wildman–Crippen LogP) is 4.61. The van der Waals surface area contributed by atoms with Crippen molar-refractivity contribution >= 4 is 70.9 Å². The minimum absolute atomic E-state index is 0.00397. The van der Waals surface area contributed by atoms with E-state index in [9.17, 15) is 32.3 Å². The molecule has 11 atom stereocenters. The van der Waals surface area contributed by atoms with Gasteiger partial charge in [0, 0.05) is 102 Å². The van der Waals surface area contributed by atoms with Gasteiger partial charge in [-0.2, -0.15) is 13.2 Å². The van der Waals surface area contributed by atoms with E-state index in [-0.39, 0.29) is 96.0 Å². The number of ether oxygens (including phenoxy) is 2. The van der Waals surface area contributed by atoms with Gasteiger partial charge in [0.05, 0.1) is 31.7 Å². The van der Waals surface area contributed by atoms with Gasteiger partial charge in [-0.3, -0.25) is 57.5 Å². The monoisotopic (exact) mass is 1490 g/mol. The van der Waals surface area contributed by atoms with Gasteiger partial charge in [0.25, 0.3) is 0 Å². The Bertz CT molecular complexity index is 3690. The molecule has 2 N–H and O–H groups in total. The number of hydrogen-bond acceptors (Lipinski definition) is 14. The first-order valence-corrected chi connectivity index (χ1v) is 37.5. The number of carbonyl (C=O) groups is 12. The molecule has 4 aliphatic heterocycles. The highest BCUT2D eigenvalue weighted by molar-refractivity contribution is 6.01. The number of fused-ring (bicyclic) bond motifs is 4. The molecule has 29 heteroatoms. The van der Waals surface area contributed by atoms with Crippen molar-refractivity contribution in [1.82, 2.24) is 59.6 Å². The molecule has 8 rings (SSSR count). The van der Waals surface area contributed by atoms with Crippen LogP contribution >= 0.6 is 0 Å². The molecule has 4 heterocycles. The first-order chi connectivity index (χ1) is 50.7. The predicted molar refractivity (Wildman–Crippen MR) is 391 cm³/mol. The highest BCUT2D eigenvalue weighted by Gasteiger charge is 2.57. The van der Waals surface area contributed by atoms with Crippen molar-refractivity contribution in [3.63, 3.8) is 0 Å². The molecule has 6 aliphatic rings. The van der Waals surface area contributed by atoms with Crippen LogP contribution in [0.3, 0.4) is 0 Å². The van der Waals surface area contributed by atoms with Crippen LogP contribution in [0.5, 0.6) is 5.75 Å². The van der Waals surface area contributed by atoms with Gasteiger partial charge in [-0.15, -0.1) is 12.3 Å². The van der Waals surface area contributed by atoms with Crippen molar-refractivity contribution in [1.29, 1.82) is 0 Å². The van der Waals surface area contributed by atoms with Gasteiger partial charge in [-0.05, 0) is 120 Å². The van der Waals surface area contributed by atoms with Crippen LogP contribution in [0, 0.1) is 31.1 Å². The maximum atomic E-state index is 15.8. The topological polar surface area (TPSA) is 280 Å². The van der Waals surface area contributed by atoms with E-state index in [1.807, 2.05) is 44.2 Å². The van der Waals surface area contributed by atoms with Crippen molar-refractivity contribution in [3.05, 3.63) is 76.9 Å². The minimum atomic E-state index is -4.78. The zero-order chi connectivity index (χ0) is 78.7. The number of likely N-dealkylation sites (N-methyl/N-ethyl adjacent to an activating group) is 7. The van der Waals surface area contributed by atoms with E-state index in [0.717, 1.165) is 33.4 Å². The molecule has 2 bridgehead atoms. The summed E-state index contributed by atoms with van der Waals surface area (Å²) in [6, 6.07) is -1.38. The van der Waals surface area contributed by atoms with E-state index >= 15 is 38.4 Å². The van der Waals surface area contributed by atoms with E-state index in [4.69, 9.17) is 15.9 Å². The average Bonchev–Trinajstić information content (AvgIpc) is 1.60. The molecular weight excluding hydrogens is 1390 g/mol. The summed E-state index contributed by atoms with van der Waals surface area (Å²) >= 11 is 0. The second-order valence-corrected chi connectivity index (χ2v) is 30.0. The van der Waals surface area contributed by atoms with Crippen molar-refractivity contribution < 1.29 is 80.2 Å². The van der Waals surface area contributed by atoms with Crippen LogP contribution < -0.4 is 15.4 Å². The number of terminal acetylenes is 1. The molecule has 2 aliphatic carbocycles. The number of nitrogens with one attached hydrogen (secondary N) is 2. The third kappa shape index (κ3) is 18.7. The number of alkyl halides is 3. The van der Waals surface area contributed by atoms with Gasteiger partial charge in [0.15, 0.2) is 0 Å². The Balaban J connectivity index is 1.23. The van der Waals surface area contributed by atoms with E-state index in [1.165, 1.54) is 103 Å². The Hall–Kier alpha value is -9.07. The van der Waals surface area contributed by atoms with Crippen LogP contribution in [0.25, 0.3) is 0 Å². The van der Waals surface area contributed by atoms with Gasteiger partial charge in [0.1, 0.15) is 65.7 Å². The van der Waals surface area contributed by atoms with Crippen molar-refractivity contribution in [2.45, 2.75) is 215 Å². The maximum absolute atomic E-state index is 15.8. The van der Waals surface area contributed by atoms with Crippen LogP contribution in [0.2, 0.25) is 0 Å². The second kappa shape index (κ2) is 36.2. The molecule has 2 aromatic rings. The third-order valence-electron chi connectivity index (χ3n) is 22.9. The number of carbonyl (C=O) groups excluding carboxylic acids is 12. The molecule has 5 fully saturated rings. The maximum Gasteiger partial charge on any atom is 0.419 e. The molecule has 2 aromatic carbocycles. The highest BCUT2D eigenvalue weighted by atomic mass is 19.4. The van der Waals surface area contributed by atoms with E-state index in [1.54, 1.807) is 19.9 Å². The summed E-state index contributed by atoms with van der Waals surface area (Å²) in [7, 11) is 12.4. The fourth-order valence-corrected chi connectivity index (χ4v) is 16.1. The lowest BCUT2D eigenvalue weighted by Crippen LogP contribution is -2.68. The van der Waals surface area contributed by atoms with Gasteiger partial charge < -0.3 is 69.1 Å². The fraction of sp³-hybridized carbons (Fsp3) is 0.641. The SMILES string of the molecule is C#CC[C@H]1C(=O)N[C@@H]([C@@H](C)CC)C(=O)N2CCC[C@H]2C(=O)N(C)[C@H]2C/C=C\CCN(C2=O)[C@@H](Cc2ccc(C)cc2)C(=O)N(C)CC(=O)N[C@@H](CCc2ccc(C(F)(F)F)c(OC)c2)C(=O)N2C[C@H](OCC)C[C@H]2C(=O)N(C)C2(CCC2)C(=O)N(C)[C@@H](C2CCCC2)C(=O)N(C)[C@H](C(=O)N(C)C)CC(=O)N1C. The van der Waals surface area contributed by atoms with Crippen LogP contribution in [0.15, 0.2) is 54.6 Å². The van der Waals surface area contributed by atoms with Crippen LogP contribution in [-0.4, -0.2) is 282 Å². The number of aryl methyl sites for hydroxylation is 2.